The van der Waals surface area contributed by atoms with Crippen LogP contribution in [0.2, 0.25) is 5.02 Å². The van der Waals surface area contributed by atoms with Crippen molar-refractivity contribution in [1.29, 1.82) is 0 Å². The largest absolute Gasteiger partial charge is 0.302 e. The van der Waals surface area contributed by atoms with Gasteiger partial charge in [-0.2, -0.15) is 0 Å². The van der Waals surface area contributed by atoms with Crippen LogP contribution in [0.4, 0.5) is 5.13 Å². The van der Waals surface area contributed by atoms with Gasteiger partial charge in [-0.15, -0.1) is 11.8 Å². The standard InChI is InChI=1S/C23H26ClN3OS2/c1-4-26(5-2)14-15-27(22(28)13-10-17-8-6-7-9-19(17)24)23-25-20-12-11-18(29-3)16-21(20)30-23/h6-13,16H,4-5,14-15H2,1-3H3/b13-10+. The second-order valence-electron chi connectivity index (χ2n) is 6.70. The molecule has 7 heteroatoms. The van der Waals surface area contributed by atoms with Crippen LogP contribution < -0.4 is 4.90 Å². The molecule has 4 nitrogen and oxygen atoms in total. The van der Waals surface area contributed by atoms with E-state index in [1.54, 1.807) is 40.2 Å². The van der Waals surface area contributed by atoms with E-state index in [0.717, 1.165) is 40.5 Å². The number of anilines is 1. The molecule has 30 heavy (non-hydrogen) atoms. The Morgan fingerprint density at radius 1 is 1.17 bits per heavy atom. The van der Waals surface area contributed by atoms with Crippen LogP contribution in [0.25, 0.3) is 16.3 Å². The highest BCUT2D eigenvalue weighted by Crippen LogP contribution is 2.32. The average Bonchev–Trinajstić information content (AvgIpc) is 3.18. The van der Waals surface area contributed by atoms with E-state index >= 15 is 0 Å². The molecular weight excluding hydrogens is 434 g/mol. The van der Waals surface area contributed by atoms with Gasteiger partial charge in [0.05, 0.1) is 10.2 Å². The topological polar surface area (TPSA) is 36.4 Å². The third-order valence-corrected chi connectivity index (χ3v) is 7.04. The van der Waals surface area contributed by atoms with Crippen molar-refractivity contribution < 1.29 is 4.79 Å². The summed E-state index contributed by atoms with van der Waals surface area (Å²) in [6, 6.07) is 13.7. The zero-order valence-electron chi connectivity index (χ0n) is 17.5. The van der Waals surface area contributed by atoms with Crippen LogP contribution in [0, 0.1) is 0 Å². The number of amides is 1. The number of thiazole rings is 1. The first kappa shape index (κ1) is 22.8. The molecule has 0 unspecified atom stereocenters. The van der Waals surface area contributed by atoms with Crippen LogP contribution in [0.15, 0.2) is 53.4 Å². The molecule has 0 atom stereocenters. The Labute approximate surface area is 191 Å². The summed E-state index contributed by atoms with van der Waals surface area (Å²) in [5.74, 6) is -0.0915. The van der Waals surface area contributed by atoms with Crippen molar-refractivity contribution in [3.05, 3.63) is 59.1 Å². The first-order valence-corrected chi connectivity index (χ1v) is 12.4. The summed E-state index contributed by atoms with van der Waals surface area (Å²) in [7, 11) is 0. The third kappa shape index (κ3) is 5.64. The molecule has 3 rings (SSSR count). The molecule has 0 aliphatic carbocycles. The Bertz CT molecular complexity index is 1030. The second kappa shape index (κ2) is 11.0. The number of halogens is 1. The average molecular weight is 460 g/mol. The highest BCUT2D eigenvalue weighted by Gasteiger charge is 2.19. The van der Waals surface area contributed by atoms with E-state index in [2.05, 4.69) is 37.1 Å². The summed E-state index contributed by atoms with van der Waals surface area (Å²) in [4.78, 5) is 23.2. The molecule has 1 amide bonds. The normalized spacial score (nSPS) is 11.6. The minimum Gasteiger partial charge on any atom is -0.302 e. The molecule has 158 valence electrons. The van der Waals surface area contributed by atoms with Gasteiger partial charge in [0.25, 0.3) is 5.91 Å². The first-order valence-electron chi connectivity index (χ1n) is 9.96. The Morgan fingerprint density at radius 3 is 2.63 bits per heavy atom. The smallest absolute Gasteiger partial charge is 0.252 e. The van der Waals surface area contributed by atoms with E-state index in [0.29, 0.717) is 11.6 Å². The molecule has 0 bridgehead atoms. The lowest BCUT2D eigenvalue weighted by Crippen LogP contribution is -2.38. The fourth-order valence-corrected chi connectivity index (χ4v) is 4.83. The fourth-order valence-electron chi connectivity index (χ4n) is 3.08. The van der Waals surface area contributed by atoms with Gasteiger partial charge in [-0.3, -0.25) is 9.69 Å². The predicted molar refractivity (Wildman–Crippen MR) is 132 cm³/mol. The molecule has 0 aliphatic rings. The summed E-state index contributed by atoms with van der Waals surface area (Å²) >= 11 is 9.49. The van der Waals surface area contributed by atoms with Crippen molar-refractivity contribution in [2.45, 2.75) is 18.7 Å². The van der Waals surface area contributed by atoms with Crippen LogP contribution >= 0.6 is 34.7 Å². The molecule has 3 aromatic rings. The lowest BCUT2D eigenvalue weighted by atomic mass is 10.2. The number of thioether (sulfide) groups is 1. The third-order valence-electron chi connectivity index (χ3n) is 4.93. The van der Waals surface area contributed by atoms with E-state index in [1.165, 1.54) is 4.90 Å². The summed E-state index contributed by atoms with van der Waals surface area (Å²) in [5, 5.41) is 1.35. The summed E-state index contributed by atoms with van der Waals surface area (Å²) in [5.41, 5.74) is 1.74. The van der Waals surface area contributed by atoms with Gasteiger partial charge in [-0.1, -0.05) is 55.0 Å². The molecule has 1 aromatic heterocycles. The van der Waals surface area contributed by atoms with Gasteiger partial charge in [0.2, 0.25) is 0 Å². The lowest BCUT2D eigenvalue weighted by molar-refractivity contribution is -0.114. The predicted octanol–water partition coefficient (Wildman–Crippen LogP) is 6.06. The van der Waals surface area contributed by atoms with Crippen molar-refractivity contribution >= 4 is 62.0 Å². The number of hydrogen-bond donors (Lipinski definition) is 0. The van der Waals surface area contributed by atoms with E-state index in [4.69, 9.17) is 16.6 Å². The van der Waals surface area contributed by atoms with E-state index in [1.807, 2.05) is 30.3 Å². The van der Waals surface area contributed by atoms with Crippen molar-refractivity contribution in [2.75, 3.05) is 37.3 Å². The highest BCUT2D eigenvalue weighted by atomic mass is 35.5. The minimum absolute atomic E-state index is 0.0915. The van der Waals surface area contributed by atoms with Crippen LogP contribution in [-0.2, 0) is 4.79 Å². The molecule has 0 radical (unpaired) electrons. The van der Waals surface area contributed by atoms with Gasteiger partial charge >= 0.3 is 0 Å². The van der Waals surface area contributed by atoms with Gasteiger partial charge in [0, 0.05) is 29.1 Å². The van der Waals surface area contributed by atoms with E-state index < -0.39 is 0 Å². The zero-order valence-corrected chi connectivity index (χ0v) is 19.9. The summed E-state index contributed by atoms with van der Waals surface area (Å²) in [6.07, 6.45) is 5.42. The number of likely N-dealkylation sites (N-methyl/N-ethyl adjacent to an activating group) is 1. The van der Waals surface area contributed by atoms with Crippen LogP contribution in [0.3, 0.4) is 0 Å². The Hall–Kier alpha value is -1.86. The zero-order chi connectivity index (χ0) is 21.5. The number of aromatic nitrogens is 1. The molecular formula is C23H26ClN3OS2. The van der Waals surface area contributed by atoms with Gasteiger partial charge in [0.15, 0.2) is 5.13 Å². The van der Waals surface area contributed by atoms with Gasteiger partial charge < -0.3 is 4.90 Å². The number of fused-ring (bicyclic) bond motifs is 1. The molecule has 0 saturated carbocycles. The van der Waals surface area contributed by atoms with Gasteiger partial charge in [-0.25, -0.2) is 4.98 Å². The Kier molecular flexibility index (Phi) is 8.33. The minimum atomic E-state index is -0.0915. The molecule has 0 saturated heterocycles. The molecule has 0 aliphatic heterocycles. The molecule has 0 fully saturated rings. The molecule has 2 aromatic carbocycles. The fraction of sp³-hybridized carbons (Fsp3) is 0.304. The number of hydrogen-bond acceptors (Lipinski definition) is 5. The van der Waals surface area contributed by atoms with Gasteiger partial charge in [0.1, 0.15) is 0 Å². The number of benzene rings is 2. The van der Waals surface area contributed by atoms with Crippen molar-refractivity contribution in [1.82, 2.24) is 9.88 Å². The maximum Gasteiger partial charge on any atom is 0.252 e. The number of carbonyl (C=O) groups excluding carboxylic acids is 1. The summed E-state index contributed by atoms with van der Waals surface area (Å²) < 4.78 is 1.09. The van der Waals surface area contributed by atoms with E-state index in [9.17, 15) is 4.79 Å². The monoisotopic (exact) mass is 459 g/mol. The number of nitrogens with zero attached hydrogens (tertiary/aromatic N) is 3. The van der Waals surface area contributed by atoms with Crippen molar-refractivity contribution in [3.63, 3.8) is 0 Å². The van der Waals surface area contributed by atoms with E-state index in [-0.39, 0.29) is 5.91 Å². The quantitative estimate of drug-likeness (QED) is 0.288. The van der Waals surface area contributed by atoms with Crippen LogP contribution in [-0.4, -0.2) is 48.2 Å². The van der Waals surface area contributed by atoms with Gasteiger partial charge in [-0.05, 0) is 55.3 Å². The lowest BCUT2D eigenvalue weighted by Gasteiger charge is -2.23. The van der Waals surface area contributed by atoms with Crippen molar-refractivity contribution in [2.24, 2.45) is 0 Å². The maximum atomic E-state index is 13.2. The number of carbonyl (C=O) groups is 1. The number of rotatable bonds is 9. The Balaban J connectivity index is 1.89. The molecule has 0 N–H and O–H groups in total. The van der Waals surface area contributed by atoms with Crippen molar-refractivity contribution in [3.8, 4) is 0 Å². The SMILES string of the molecule is CCN(CC)CCN(C(=O)/C=C/c1ccccc1Cl)c1nc2ccc(SC)cc2s1. The second-order valence-corrected chi connectivity index (χ2v) is 9.00. The first-order chi connectivity index (χ1) is 14.5. The van der Waals surface area contributed by atoms with Crippen LogP contribution in [0.5, 0.6) is 0 Å². The maximum absolute atomic E-state index is 13.2. The molecule has 0 spiro atoms. The van der Waals surface area contributed by atoms with Crippen LogP contribution in [0.1, 0.15) is 19.4 Å². The Morgan fingerprint density at radius 2 is 1.93 bits per heavy atom. The molecule has 1 heterocycles. The highest BCUT2D eigenvalue weighted by molar-refractivity contribution is 7.98. The summed E-state index contributed by atoms with van der Waals surface area (Å²) in [6.45, 7) is 7.55.